The number of rotatable bonds is 9. The summed E-state index contributed by atoms with van der Waals surface area (Å²) >= 11 is 0. The van der Waals surface area contributed by atoms with Crippen LogP contribution < -0.4 is 5.32 Å². The number of ether oxygens (including phenoxy) is 1. The van der Waals surface area contributed by atoms with Crippen LogP contribution in [0.5, 0.6) is 0 Å². The lowest BCUT2D eigenvalue weighted by Gasteiger charge is -2.22. The second-order valence-electron chi connectivity index (χ2n) is 6.40. The number of Topliss-reactive ketones (excluding diaryl/α,β-unsaturated/α-hetero) is 1. The average Bonchev–Trinajstić information content (AvgIpc) is 2.97. The summed E-state index contributed by atoms with van der Waals surface area (Å²) < 4.78 is 9.95. The van der Waals surface area contributed by atoms with Crippen LogP contribution in [0, 0.1) is 0 Å². The summed E-state index contributed by atoms with van der Waals surface area (Å²) in [6.07, 6.45) is 4.37. The second-order valence-corrected chi connectivity index (χ2v) is 6.40. The summed E-state index contributed by atoms with van der Waals surface area (Å²) in [6.45, 7) is 5.10. The number of carboxylic acid groups (broad SMARTS) is 1. The first-order chi connectivity index (χ1) is 11.2. The van der Waals surface area contributed by atoms with Gasteiger partial charge in [-0.05, 0) is 33.6 Å². The van der Waals surface area contributed by atoms with Gasteiger partial charge in [0.15, 0.2) is 0 Å². The second kappa shape index (κ2) is 9.05. The Labute approximate surface area is 140 Å². The molecule has 0 bridgehead atoms. The summed E-state index contributed by atoms with van der Waals surface area (Å²) in [5, 5.41) is 11.5. The van der Waals surface area contributed by atoms with E-state index in [0.29, 0.717) is 19.3 Å². The maximum absolute atomic E-state index is 11.7. The molecule has 1 amide bonds. The number of hydrogen-bond acceptors (Lipinski definition) is 6. The average molecular weight is 340 g/mol. The van der Waals surface area contributed by atoms with Gasteiger partial charge < -0.3 is 19.6 Å². The van der Waals surface area contributed by atoms with E-state index in [4.69, 9.17) is 14.3 Å². The van der Waals surface area contributed by atoms with E-state index in [0.717, 1.165) is 0 Å². The summed E-state index contributed by atoms with van der Waals surface area (Å²) in [7, 11) is 0. The molecule has 0 fully saturated rings. The predicted molar refractivity (Wildman–Crippen MR) is 84.7 cm³/mol. The molecule has 1 aromatic heterocycles. The van der Waals surface area contributed by atoms with E-state index in [2.05, 4.69) is 10.3 Å². The van der Waals surface area contributed by atoms with E-state index in [9.17, 15) is 14.4 Å². The lowest BCUT2D eigenvalue weighted by atomic mass is 10.1. The van der Waals surface area contributed by atoms with Crippen LogP contribution in [0.25, 0.3) is 0 Å². The fourth-order valence-corrected chi connectivity index (χ4v) is 1.99. The largest absolute Gasteiger partial charge is 0.480 e. The number of carbonyl (C=O) groups is 3. The molecular formula is C16H24N2O6. The van der Waals surface area contributed by atoms with Crippen LogP contribution in [0.3, 0.4) is 0 Å². The van der Waals surface area contributed by atoms with Crippen molar-refractivity contribution in [3.63, 3.8) is 0 Å². The van der Waals surface area contributed by atoms with Crippen LogP contribution >= 0.6 is 0 Å². The summed E-state index contributed by atoms with van der Waals surface area (Å²) in [4.78, 5) is 38.2. The molecule has 0 saturated heterocycles. The van der Waals surface area contributed by atoms with Crippen LogP contribution in [-0.2, 0) is 9.53 Å². The van der Waals surface area contributed by atoms with Crippen molar-refractivity contribution in [1.82, 2.24) is 10.3 Å². The first-order valence-corrected chi connectivity index (χ1v) is 7.84. The van der Waals surface area contributed by atoms with Gasteiger partial charge in [-0.15, -0.1) is 0 Å². The molecule has 8 heteroatoms. The van der Waals surface area contributed by atoms with Gasteiger partial charge in [0, 0.05) is 6.42 Å². The zero-order valence-electron chi connectivity index (χ0n) is 14.2. The molecule has 2 N–H and O–H groups in total. The van der Waals surface area contributed by atoms with E-state index in [1.54, 1.807) is 20.8 Å². The molecule has 1 heterocycles. The maximum Gasteiger partial charge on any atom is 0.408 e. The number of oxazole rings is 1. The fourth-order valence-electron chi connectivity index (χ4n) is 1.99. The molecule has 1 atom stereocenters. The third-order valence-corrected chi connectivity index (χ3v) is 3.06. The minimum absolute atomic E-state index is 0.0880. The van der Waals surface area contributed by atoms with Crippen molar-refractivity contribution in [2.45, 2.75) is 64.5 Å². The first kappa shape index (κ1) is 19.7. The molecule has 0 aromatic carbocycles. The van der Waals surface area contributed by atoms with Gasteiger partial charge in [-0.2, -0.15) is 0 Å². The molecule has 0 radical (unpaired) electrons. The van der Waals surface area contributed by atoms with Gasteiger partial charge in [0.05, 0.1) is 6.20 Å². The third-order valence-electron chi connectivity index (χ3n) is 3.06. The van der Waals surface area contributed by atoms with Crippen molar-refractivity contribution >= 4 is 17.8 Å². The van der Waals surface area contributed by atoms with Gasteiger partial charge in [-0.1, -0.05) is 12.8 Å². The first-order valence-electron chi connectivity index (χ1n) is 7.84. The summed E-state index contributed by atoms with van der Waals surface area (Å²) in [5.41, 5.74) is -0.687. The highest BCUT2D eigenvalue weighted by atomic mass is 16.6. The number of aliphatic carboxylic acids is 1. The van der Waals surface area contributed by atoms with E-state index >= 15 is 0 Å². The molecule has 0 spiro atoms. The molecule has 24 heavy (non-hydrogen) atoms. The standard InChI is InChI=1S/C16H24N2O6/c1-16(2,3)24-15(22)18-11(14(20)21)7-5-4-6-8-12(19)13-17-9-10-23-13/h9-11H,4-8H2,1-3H3,(H,18,22)(H,20,21). The number of carbonyl (C=O) groups excluding carboxylic acids is 2. The molecule has 1 rings (SSSR count). The molecule has 134 valence electrons. The van der Waals surface area contributed by atoms with Crippen molar-refractivity contribution in [2.75, 3.05) is 0 Å². The highest BCUT2D eigenvalue weighted by Crippen LogP contribution is 2.11. The number of unbranched alkanes of at least 4 members (excludes halogenated alkanes) is 2. The Morgan fingerprint density at radius 3 is 2.54 bits per heavy atom. The van der Waals surface area contributed by atoms with E-state index < -0.39 is 23.7 Å². The van der Waals surface area contributed by atoms with Crippen molar-refractivity contribution in [1.29, 1.82) is 0 Å². The van der Waals surface area contributed by atoms with Gasteiger partial charge in [0.1, 0.15) is 17.9 Å². The van der Waals surface area contributed by atoms with E-state index in [1.807, 2.05) is 0 Å². The van der Waals surface area contributed by atoms with Crippen LogP contribution in [-0.4, -0.2) is 39.6 Å². The van der Waals surface area contributed by atoms with Gasteiger partial charge in [-0.3, -0.25) is 4.79 Å². The van der Waals surface area contributed by atoms with Gasteiger partial charge in [0.25, 0.3) is 5.89 Å². The quantitative estimate of drug-likeness (QED) is 0.524. The molecule has 0 saturated carbocycles. The normalized spacial score (nSPS) is 12.5. The zero-order chi connectivity index (χ0) is 18.2. The number of ketones is 1. The number of amides is 1. The molecule has 0 aliphatic heterocycles. The number of aromatic nitrogens is 1. The van der Waals surface area contributed by atoms with Crippen LogP contribution in [0.1, 0.15) is 63.6 Å². The smallest absolute Gasteiger partial charge is 0.408 e. The molecule has 0 aliphatic rings. The summed E-state index contributed by atoms with van der Waals surface area (Å²) in [6, 6.07) is -1.01. The molecular weight excluding hydrogens is 316 g/mol. The predicted octanol–water partition coefficient (Wildman–Crippen LogP) is 2.79. The Kier molecular flexibility index (Phi) is 7.41. The zero-order valence-corrected chi connectivity index (χ0v) is 14.2. The lowest BCUT2D eigenvalue weighted by molar-refractivity contribution is -0.139. The van der Waals surface area contributed by atoms with Gasteiger partial charge in [-0.25, -0.2) is 14.6 Å². The van der Waals surface area contributed by atoms with E-state index in [-0.39, 0.29) is 24.5 Å². The van der Waals surface area contributed by atoms with Crippen molar-refractivity contribution in [2.24, 2.45) is 0 Å². The van der Waals surface area contributed by atoms with E-state index in [1.165, 1.54) is 12.5 Å². The number of hydrogen-bond donors (Lipinski definition) is 2. The van der Waals surface area contributed by atoms with Crippen LogP contribution in [0.15, 0.2) is 16.9 Å². The van der Waals surface area contributed by atoms with Crippen LogP contribution in [0.4, 0.5) is 4.79 Å². The maximum atomic E-state index is 11.7. The topological polar surface area (TPSA) is 119 Å². The highest BCUT2D eigenvalue weighted by Gasteiger charge is 2.23. The number of nitrogens with zero attached hydrogens (tertiary/aromatic N) is 1. The number of nitrogens with one attached hydrogen (secondary N) is 1. The Morgan fingerprint density at radius 1 is 1.29 bits per heavy atom. The fraction of sp³-hybridized carbons (Fsp3) is 0.625. The third kappa shape index (κ3) is 7.75. The van der Waals surface area contributed by atoms with Crippen molar-refractivity contribution in [3.05, 3.63) is 18.4 Å². The van der Waals surface area contributed by atoms with Gasteiger partial charge >= 0.3 is 12.1 Å². The van der Waals surface area contributed by atoms with Crippen molar-refractivity contribution in [3.8, 4) is 0 Å². The van der Waals surface area contributed by atoms with Crippen molar-refractivity contribution < 1.29 is 28.6 Å². The van der Waals surface area contributed by atoms with Gasteiger partial charge in [0.2, 0.25) is 5.78 Å². The Bertz CT molecular complexity index is 547. The molecule has 0 aliphatic carbocycles. The summed E-state index contributed by atoms with van der Waals surface area (Å²) in [5.74, 6) is -1.21. The Morgan fingerprint density at radius 2 is 2.00 bits per heavy atom. The minimum Gasteiger partial charge on any atom is -0.480 e. The Balaban J connectivity index is 2.27. The number of alkyl carbamates (subject to hydrolysis) is 1. The molecule has 1 aromatic rings. The monoisotopic (exact) mass is 340 g/mol. The lowest BCUT2D eigenvalue weighted by Crippen LogP contribution is -2.43. The molecule has 8 nitrogen and oxygen atoms in total. The number of carboxylic acids is 1. The molecule has 1 unspecified atom stereocenters. The Hall–Kier alpha value is -2.38. The SMILES string of the molecule is CC(C)(C)OC(=O)NC(CCCCCC(=O)c1ncco1)C(=O)O. The highest BCUT2D eigenvalue weighted by molar-refractivity contribution is 5.91. The minimum atomic E-state index is -1.11. The van der Waals surface area contributed by atoms with Crippen LogP contribution in [0.2, 0.25) is 0 Å².